The molecule has 18 heavy (non-hydrogen) atoms. The average Bonchev–Trinajstić information content (AvgIpc) is 2.26. The van der Waals surface area contributed by atoms with Gasteiger partial charge in [0.15, 0.2) is 0 Å². The van der Waals surface area contributed by atoms with Crippen LogP contribution in [0.3, 0.4) is 0 Å². The third-order valence-electron chi connectivity index (χ3n) is 4.52. The number of aryl methyl sites for hydroxylation is 1. The van der Waals surface area contributed by atoms with Crippen molar-refractivity contribution < 1.29 is 0 Å². The molecule has 0 aromatic heterocycles. The summed E-state index contributed by atoms with van der Waals surface area (Å²) < 4.78 is 0. The van der Waals surface area contributed by atoms with Gasteiger partial charge in [-0.3, -0.25) is 0 Å². The summed E-state index contributed by atoms with van der Waals surface area (Å²) in [5, 5.41) is 3.71. The molecule has 0 saturated heterocycles. The van der Waals surface area contributed by atoms with Crippen LogP contribution >= 0.6 is 0 Å². The number of rotatable bonds is 5. The molecule has 0 heterocycles. The monoisotopic (exact) mass is 245 g/mol. The van der Waals surface area contributed by atoms with Crippen molar-refractivity contribution in [3.63, 3.8) is 0 Å². The Morgan fingerprint density at radius 2 is 1.94 bits per heavy atom. The van der Waals surface area contributed by atoms with E-state index in [2.05, 4.69) is 57.3 Å². The van der Waals surface area contributed by atoms with Gasteiger partial charge in [-0.25, -0.2) is 0 Å². The molecule has 1 nitrogen and oxygen atoms in total. The van der Waals surface area contributed by atoms with Crippen molar-refractivity contribution in [3.05, 3.63) is 35.4 Å². The van der Waals surface area contributed by atoms with Crippen LogP contribution in [0.1, 0.15) is 50.7 Å². The van der Waals surface area contributed by atoms with Crippen molar-refractivity contribution >= 4 is 0 Å². The van der Waals surface area contributed by atoms with Gasteiger partial charge in [-0.05, 0) is 49.6 Å². The van der Waals surface area contributed by atoms with Crippen LogP contribution in [0.15, 0.2) is 24.3 Å². The van der Waals surface area contributed by atoms with E-state index in [1.54, 1.807) is 0 Å². The molecule has 1 saturated carbocycles. The van der Waals surface area contributed by atoms with Crippen molar-refractivity contribution in [2.24, 2.45) is 11.8 Å². The van der Waals surface area contributed by atoms with E-state index in [1.807, 2.05) is 0 Å². The summed E-state index contributed by atoms with van der Waals surface area (Å²) in [5.74, 6) is 2.35. The van der Waals surface area contributed by atoms with Crippen LogP contribution in [-0.2, 0) is 0 Å². The second-order valence-electron chi connectivity index (χ2n) is 6.41. The molecule has 0 spiro atoms. The minimum atomic E-state index is 0.747. The molecule has 0 aliphatic heterocycles. The molecule has 0 bridgehead atoms. The van der Waals surface area contributed by atoms with Crippen LogP contribution in [0.2, 0.25) is 0 Å². The van der Waals surface area contributed by atoms with Crippen molar-refractivity contribution in [3.8, 4) is 0 Å². The van der Waals surface area contributed by atoms with E-state index in [4.69, 9.17) is 0 Å². The summed E-state index contributed by atoms with van der Waals surface area (Å²) in [4.78, 5) is 0. The molecule has 1 aliphatic rings. The first-order valence-electron chi connectivity index (χ1n) is 7.36. The van der Waals surface area contributed by atoms with Crippen LogP contribution < -0.4 is 5.32 Å². The van der Waals surface area contributed by atoms with Gasteiger partial charge in [-0.15, -0.1) is 0 Å². The molecule has 1 N–H and O–H groups in total. The molecule has 1 aliphatic carbocycles. The first-order chi connectivity index (χ1) is 8.56. The van der Waals surface area contributed by atoms with E-state index in [0.717, 1.165) is 23.8 Å². The van der Waals surface area contributed by atoms with Gasteiger partial charge in [0.25, 0.3) is 0 Å². The Hall–Kier alpha value is -0.820. The lowest BCUT2D eigenvalue weighted by atomic mass is 9.75. The van der Waals surface area contributed by atoms with Crippen LogP contribution in [0.25, 0.3) is 0 Å². The highest BCUT2D eigenvalue weighted by Gasteiger charge is 2.30. The standard InChI is InChI=1S/C17H27N/c1-12(2)14(4)11-18-17-9-16(10-17)15-7-5-6-13(3)8-15/h5-8,12,14,16-18H,9-11H2,1-4H3. The second-order valence-corrected chi connectivity index (χ2v) is 6.41. The second kappa shape index (κ2) is 5.88. The van der Waals surface area contributed by atoms with Crippen molar-refractivity contribution in [2.45, 2.75) is 52.5 Å². The van der Waals surface area contributed by atoms with Gasteiger partial charge in [-0.1, -0.05) is 50.6 Å². The van der Waals surface area contributed by atoms with Gasteiger partial charge in [-0.2, -0.15) is 0 Å². The maximum atomic E-state index is 3.71. The maximum absolute atomic E-state index is 3.71. The molecule has 0 amide bonds. The fraction of sp³-hybridized carbons (Fsp3) is 0.647. The molecular weight excluding hydrogens is 218 g/mol. The summed E-state index contributed by atoms with van der Waals surface area (Å²) in [7, 11) is 0. The van der Waals surface area contributed by atoms with E-state index < -0.39 is 0 Å². The van der Waals surface area contributed by atoms with E-state index in [0.29, 0.717) is 0 Å². The molecule has 0 radical (unpaired) electrons. The fourth-order valence-electron chi connectivity index (χ4n) is 2.57. The van der Waals surface area contributed by atoms with E-state index in [9.17, 15) is 0 Å². The maximum Gasteiger partial charge on any atom is 0.00788 e. The number of benzene rings is 1. The van der Waals surface area contributed by atoms with Gasteiger partial charge in [0, 0.05) is 6.04 Å². The Bertz CT molecular complexity index is 377. The Morgan fingerprint density at radius 3 is 2.56 bits per heavy atom. The Morgan fingerprint density at radius 1 is 1.22 bits per heavy atom. The first-order valence-corrected chi connectivity index (χ1v) is 7.36. The highest BCUT2D eigenvalue weighted by Crippen LogP contribution is 2.37. The average molecular weight is 245 g/mol. The minimum absolute atomic E-state index is 0.747. The molecule has 1 atom stereocenters. The summed E-state index contributed by atoms with van der Waals surface area (Å²) in [6.07, 6.45) is 2.63. The molecule has 1 unspecified atom stereocenters. The van der Waals surface area contributed by atoms with Crippen LogP contribution in [-0.4, -0.2) is 12.6 Å². The quantitative estimate of drug-likeness (QED) is 0.822. The fourth-order valence-corrected chi connectivity index (χ4v) is 2.57. The van der Waals surface area contributed by atoms with Crippen LogP contribution in [0, 0.1) is 18.8 Å². The summed E-state index contributed by atoms with van der Waals surface area (Å²) in [6.45, 7) is 10.3. The third-order valence-corrected chi connectivity index (χ3v) is 4.52. The smallest absolute Gasteiger partial charge is 0.00788 e. The zero-order chi connectivity index (χ0) is 13.1. The van der Waals surface area contributed by atoms with Gasteiger partial charge in [0.05, 0.1) is 0 Å². The van der Waals surface area contributed by atoms with Crippen LogP contribution in [0.4, 0.5) is 0 Å². The SMILES string of the molecule is Cc1cccc(C2CC(NCC(C)C(C)C)C2)c1. The normalized spacial score (nSPS) is 24.9. The highest BCUT2D eigenvalue weighted by molar-refractivity contribution is 5.27. The molecule has 1 aromatic rings. The zero-order valence-corrected chi connectivity index (χ0v) is 12.2. The van der Waals surface area contributed by atoms with Gasteiger partial charge >= 0.3 is 0 Å². The van der Waals surface area contributed by atoms with Crippen molar-refractivity contribution in [2.75, 3.05) is 6.54 Å². The van der Waals surface area contributed by atoms with Crippen LogP contribution in [0.5, 0.6) is 0 Å². The van der Waals surface area contributed by atoms with E-state index in [1.165, 1.54) is 30.5 Å². The number of nitrogens with one attached hydrogen (secondary N) is 1. The molecule has 100 valence electrons. The Labute approximate surface area is 112 Å². The lowest BCUT2D eigenvalue weighted by Gasteiger charge is -2.37. The molecule has 1 fully saturated rings. The largest absolute Gasteiger partial charge is 0.314 e. The molecule has 1 aromatic carbocycles. The van der Waals surface area contributed by atoms with Gasteiger partial charge in [0.1, 0.15) is 0 Å². The molecular formula is C17H27N. The van der Waals surface area contributed by atoms with E-state index >= 15 is 0 Å². The third kappa shape index (κ3) is 3.35. The van der Waals surface area contributed by atoms with Gasteiger partial charge in [0.2, 0.25) is 0 Å². The van der Waals surface area contributed by atoms with Crippen molar-refractivity contribution in [1.82, 2.24) is 5.32 Å². The topological polar surface area (TPSA) is 12.0 Å². The highest BCUT2D eigenvalue weighted by atomic mass is 14.9. The summed E-state index contributed by atoms with van der Waals surface area (Å²) in [6, 6.07) is 9.74. The van der Waals surface area contributed by atoms with Crippen molar-refractivity contribution in [1.29, 1.82) is 0 Å². The molecule has 1 heteroatoms. The van der Waals surface area contributed by atoms with E-state index in [-0.39, 0.29) is 0 Å². The van der Waals surface area contributed by atoms with Gasteiger partial charge < -0.3 is 5.32 Å². The predicted octanol–water partition coefficient (Wildman–Crippen LogP) is 4.12. The zero-order valence-electron chi connectivity index (χ0n) is 12.2. The Kier molecular flexibility index (Phi) is 4.45. The minimum Gasteiger partial charge on any atom is -0.314 e. The number of hydrogen-bond donors (Lipinski definition) is 1. The number of hydrogen-bond acceptors (Lipinski definition) is 1. The summed E-state index contributed by atoms with van der Waals surface area (Å²) >= 11 is 0. The lowest BCUT2D eigenvalue weighted by Crippen LogP contribution is -2.42. The molecule has 2 rings (SSSR count). The lowest BCUT2D eigenvalue weighted by molar-refractivity contribution is 0.264. The predicted molar refractivity (Wildman–Crippen MR) is 78.9 cm³/mol. The first kappa shape index (κ1) is 13.6. The Balaban J connectivity index is 1.74. The summed E-state index contributed by atoms with van der Waals surface area (Å²) in [5.41, 5.74) is 2.92.